The van der Waals surface area contributed by atoms with Crippen LogP contribution in [0.1, 0.15) is 19.4 Å². The molecule has 2 rings (SSSR count). The highest BCUT2D eigenvalue weighted by molar-refractivity contribution is 7.72. The second-order valence-electron chi connectivity index (χ2n) is 4.62. The van der Waals surface area contributed by atoms with E-state index in [4.69, 9.17) is 45.5 Å². The van der Waals surface area contributed by atoms with E-state index in [9.17, 15) is 0 Å². The summed E-state index contributed by atoms with van der Waals surface area (Å²) >= 11 is 16.4. The number of hydrogen-bond donors (Lipinski definition) is 2. The molecule has 0 radical (unpaired) electrons. The molecule has 0 bridgehead atoms. The number of halogens is 1. The van der Waals surface area contributed by atoms with Crippen LogP contribution < -0.4 is 9.47 Å². The van der Waals surface area contributed by atoms with Gasteiger partial charge in [0.05, 0.1) is 24.5 Å². The lowest BCUT2D eigenvalue weighted by atomic mass is 10.2. The smallest absolute Gasteiger partial charge is 0.215 e. The molecule has 118 valence electrons. The van der Waals surface area contributed by atoms with Gasteiger partial charge in [-0.2, -0.15) is 9.78 Å². The Morgan fingerprint density at radius 3 is 2.45 bits per heavy atom. The van der Waals surface area contributed by atoms with Crippen molar-refractivity contribution in [1.29, 1.82) is 0 Å². The number of aromatic nitrogens is 3. The maximum atomic E-state index is 6.25. The van der Waals surface area contributed by atoms with Gasteiger partial charge >= 0.3 is 0 Å². The summed E-state index contributed by atoms with van der Waals surface area (Å²) in [5.74, 6) is 1.04. The van der Waals surface area contributed by atoms with E-state index in [-0.39, 0.29) is 6.10 Å². The van der Waals surface area contributed by atoms with Crippen LogP contribution in [0.25, 0.3) is 0 Å². The van der Waals surface area contributed by atoms with Gasteiger partial charge in [0.2, 0.25) is 9.54 Å². The molecule has 1 aromatic carbocycles. The van der Waals surface area contributed by atoms with Gasteiger partial charge in [0.25, 0.3) is 0 Å². The molecular formula is C13H15ClN4O2S2. The summed E-state index contributed by atoms with van der Waals surface area (Å²) < 4.78 is 13.1. The predicted octanol–water partition coefficient (Wildman–Crippen LogP) is 3.93. The third-order valence-corrected chi connectivity index (χ3v) is 3.42. The standard InChI is InChI=1S/C13H15ClN4O2S2/c1-7(2)20-11-9(14)4-8(5-10(11)19-3)6-15-18-12(21)16-17-13(18)22/h4-7H,1-3H3,(H,16,21)(H,17,22)/b15-6-. The van der Waals surface area contributed by atoms with E-state index in [0.29, 0.717) is 26.1 Å². The van der Waals surface area contributed by atoms with Gasteiger partial charge in [-0.15, -0.1) is 0 Å². The summed E-state index contributed by atoms with van der Waals surface area (Å²) in [4.78, 5) is 0. The summed E-state index contributed by atoms with van der Waals surface area (Å²) in [5, 5.41) is 10.1. The Morgan fingerprint density at radius 1 is 1.27 bits per heavy atom. The quantitative estimate of drug-likeness (QED) is 0.627. The zero-order chi connectivity index (χ0) is 16.3. The molecule has 0 aliphatic carbocycles. The largest absolute Gasteiger partial charge is 0.493 e. The van der Waals surface area contributed by atoms with Crippen molar-refractivity contribution in [3.63, 3.8) is 0 Å². The minimum Gasteiger partial charge on any atom is -0.493 e. The number of benzene rings is 1. The minimum absolute atomic E-state index is 0.0117. The van der Waals surface area contributed by atoms with E-state index < -0.39 is 0 Å². The van der Waals surface area contributed by atoms with Crippen molar-refractivity contribution >= 4 is 42.3 Å². The van der Waals surface area contributed by atoms with E-state index in [0.717, 1.165) is 5.56 Å². The number of nitrogens with zero attached hydrogens (tertiary/aromatic N) is 2. The van der Waals surface area contributed by atoms with Gasteiger partial charge in [-0.3, -0.25) is 10.2 Å². The van der Waals surface area contributed by atoms with E-state index in [2.05, 4.69) is 15.3 Å². The van der Waals surface area contributed by atoms with Gasteiger partial charge in [0, 0.05) is 0 Å². The summed E-state index contributed by atoms with van der Waals surface area (Å²) in [6, 6.07) is 3.50. The second-order valence-corrected chi connectivity index (χ2v) is 5.80. The second kappa shape index (κ2) is 7.08. The van der Waals surface area contributed by atoms with E-state index in [1.165, 1.54) is 4.68 Å². The van der Waals surface area contributed by atoms with Crippen molar-refractivity contribution in [1.82, 2.24) is 14.9 Å². The molecule has 0 amide bonds. The van der Waals surface area contributed by atoms with Crippen molar-refractivity contribution < 1.29 is 9.47 Å². The van der Waals surface area contributed by atoms with Crippen LogP contribution in [0.3, 0.4) is 0 Å². The normalized spacial score (nSPS) is 11.3. The highest BCUT2D eigenvalue weighted by Crippen LogP contribution is 2.36. The average molecular weight is 359 g/mol. The maximum Gasteiger partial charge on any atom is 0.215 e. The molecule has 1 heterocycles. The molecule has 0 unspecified atom stereocenters. The van der Waals surface area contributed by atoms with Crippen LogP contribution in [-0.2, 0) is 0 Å². The number of aromatic amines is 2. The summed E-state index contributed by atoms with van der Waals surface area (Å²) in [5.41, 5.74) is 0.732. The van der Waals surface area contributed by atoms with Crippen molar-refractivity contribution in [2.75, 3.05) is 7.11 Å². The zero-order valence-corrected chi connectivity index (χ0v) is 14.6. The van der Waals surface area contributed by atoms with Crippen LogP contribution in [0.4, 0.5) is 0 Å². The van der Waals surface area contributed by atoms with Crippen molar-refractivity contribution in [3.8, 4) is 11.5 Å². The Labute approximate surface area is 142 Å². The monoisotopic (exact) mass is 358 g/mol. The Kier molecular flexibility index (Phi) is 5.38. The molecule has 22 heavy (non-hydrogen) atoms. The highest BCUT2D eigenvalue weighted by atomic mass is 35.5. The number of rotatable bonds is 5. The molecule has 1 aromatic heterocycles. The summed E-state index contributed by atoms with van der Waals surface area (Å²) in [6.07, 6.45) is 1.57. The molecular weight excluding hydrogens is 344 g/mol. The van der Waals surface area contributed by atoms with E-state index >= 15 is 0 Å². The molecule has 0 aliphatic rings. The van der Waals surface area contributed by atoms with Crippen LogP contribution in [0.5, 0.6) is 11.5 Å². The minimum atomic E-state index is -0.0117. The number of ether oxygens (including phenoxy) is 2. The molecule has 2 N–H and O–H groups in total. The van der Waals surface area contributed by atoms with E-state index in [1.807, 2.05) is 13.8 Å². The van der Waals surface area contributed by atoms with Gasteiger partial charge in [0.15, 0.2) is 11.5 Å². The Bertz CT molecular complexity index is 780. The lowest BCUT2D eigenvalue weighted by molar-refractivity contribution is 0.230. The van der Waals surface area contributed by atoms with Gasteiger partial charge in [-0.1, -0.05) is 11.6 Å². The predicted molar refractivity (Wildman–Crippen MR) is 91.6 cm³/mol. The fourth-order valence-corrected chi connectivity index (χ4v) is 2.40. The topological polar surface area (TPSA) is 67.3 Å². The fourth-order valence-electron chi connectivity index (χ4n) is 1.70. The highest BCUT2D eigenvalue weighted by Gasteiger charge is 2.12. The molecule has 0 atom stereocenters. The van der Waals surface area contributed by atoms with Gasteiger partial charge < -0.3 is 9.47 Å². The fraction of sp³-hybridized carbons (Fsp3) is 0.308. The number of nitrogens with one attached hydrogen (secondary N) is 2. The van der Waals surface area contributed by atoms with Crippen LogP contribution in [0, 0.1) is 9.54 Å². The lowest BCUT2D eigenvalue weighted by Crippen LogP contribution is -2.07. The Morgan fingerprint density at radius 2 is 1.91 bits per heavy atom. The first-order valence-electron chi connectivity index (χ1n) is 6.40. The average Bonchev–Trinajstić information content (AvgIpc) is 2.78. The third kappa shape index (κ3) is 3.76. The molecule has 0 aliphatic heterocycles. The first kappa shape index (κ1) is 16.7. The van der Waals surface area contributed by atoms with Gasteiger partial charge in [0.1, 0.15) is 0 Å². The first-order valence-corrected chi connectivity index (χ1v) is 7.60. The van der Waals surface area contributed by atoms with Gasteiger partial charge in [-0.25, -0.2) is 0 Å². The molecule has 9 heteroatoms. The number of H-pyrrole nitrogens is 2. The molecule has 0 fully saturated rings. The third-order valence-electron chi connectivity index (χ3n) is 2.59. The molecule has 0 saturated carbocycles. The van der Waals surface area contributed by atoms with Crippen molar-refractivity contribution in [3.05, 3.63) is 32.3 Å². The molecule has 0 saturated heterocycles. The van der Waals surface area contributed by atoms with Crippen LogP contribution in [0.15, 0.2) is 17.2 Å². The molecule has 0 spiro atoms. The Hall–Kier alpha value is -1.64. The van der Waals surface area contributed by atoms with Gasteiger partial charge in [-0.05, 0) is 56.0 Å². The van der Waals surface area contributed by atoms with Crippen LogP contribution in [0.2, 0.25) is 5.02 Å². The SMILES string of the molecule is COc1cc(/C=N\n2c(=S)[nH][nH]c2=S)cc(Cl)c1OC(C)C. The lowest BCUT2D eigenvalue weighted by Gasteiger charge is -2.15. The van der Waals surface area contributed by atoms with Crippen LogP contribution in [-0.4, -0.2) is 34.3 Å². The number of hydrogen-bond acceptors (Lipinski definition) is 5. The molecule has 2 aromatic rings. The Balaban J connectivity index is 2.39. The zero-order valence-electron chi connectivity index (χ0n) is 12.2. The number of methoxy groups -OCH3 is 1. The van der Waals surface area contributed by atoms with Crippen molar-refractivity contribution in [2.24, 2.45) is 5.10 Å². The summed E-state index contributed by atoms with van der Waals surface area (Å²) in [6.45, 7) is 3.83. The van der Waals surface area contributed by atoms with E-state index in [1.54, 1.807) is 25.5 Å². The molecule has 6 nitrogen and oxygen atoms in total. The first-order chi connectivity index (χ1) is 10.4. The maximum absolute atomic E-state index is 6.25. The van der Waals surface area contributed by atoms with Crippen molar-refractivity contribution in [2.45, 2.75) is 20.0 Å². The van der Waals surface area contributed by atoms with Crippen LogP contribution >= 0.6 is 36.0 Å². The summed E-state index contributed by atoms with van der Waals surface area (Å²) in [7, 11) is 1.55.